The number of rotatable bonds is 1. The lowest BCUT2D eigenvalue weighted by Crippen LogP contribution is -2.22. The van der Waals surface area contributed by atoms with Gasteiger partial charge in [0.25, 0.3) is 5.56 Å². The lowest BCUT2D eigenvalue weighted by atomic mass is 10.1. The zero-order valence-corrected chi connectivity index (χ0v) is 9.58. The highest BCUT2D eigenvalue weighted by Gasteiger charge is 2.10. The number of hydrogen-bond donors (Lipinski definition) is 2. The molecule has 0 spiro atoms. The van der Waals surface area contributed by atoms with Crippen LogP contribution >= 0.6 is 22.7 Å². The predicted molar refractivity (Wildman–Crippen MR) is 66.4 cm³/mol. The van der Waals surface area contributed by atoms with Crippen LogP contribution in [0.25, 0.3) is 20.5 Å². The van der Waals surface area contributed by atoms with Crippen LogP contribution in [-0.4, -0.2) is 9.97 Å². The van der Waals surface area contributed by atoms with E-state index in [0.717, 1.165) is 10.9 Å². The van der Waals surface area contributed by atoms with Gasteiger partial charge in [-0.15, -0.1) is 22.7 Å². The van der Waals surface area contributed by atoms with Crippen LogP contribution in [0, 0.1) is 0 Å². The van der Waals surface area contributed by atoms with Gasteiger partial charge in [-0.2, -0.15) is 0 Å². The minimum atomic E-state index is -0.481. The Kier molecular flexibility index (Phi) is 2.05. The van der Waals surface area contributed by atoms with Gasteiger partial charge in [0.15, 0.2) is 0 Å². The summed E-state index contributed by atoms with van der Waals surface area (Å²) in [6.07, 6.45) is 1.46. The van der Waals surface area contributed by atoms with Crippen molar-refractivity contribution in [3.8, 4) is 11.1 Å². The molecule has 3 rings (SSSR count). The molecule has 0 aliphatic rings. The van der Waals surface area contributed by atoms with Crippen molar-refractivity contribution in [2.75, 3.05) is 0 Å². The normalized spacial score (nSPS) is 11.0. The molecule has 0 unspecified atom stereocenters. The van der Waals surface area contributed by atoms with Crippen molar-refractivity contribution >= 4 is 32.1 Å². The maximum Gasteiger partial charge on any atom is 0.325 e. The highest BCUT2D eigenvalue weighted by Crippen LogP contribution is 2.35. The summed E-state index contributed by atoms with van der Waals surface area (Å²) in [5, 5.41) is 4.99. The van der Waals surface area contributed by atoms with E-state index in [1.54, 1.807) is 22.7 Å². The topological polar surface area (TPSA) is 65.7 Å². The van der Waals surface area contributed by atoms with Gasteiger partial charge in [0.2, 0.25) is 0 Å². The van der Waals surface area contributed by atoms with Crippen LogP contribution < -0.4 is 11.2 Å². The zero-order chi connectivity index (χ0) is 11.1. The van der Waals surface area contributed by atoms with Crippen LogP contribution in [0.5, 0.6) is 0 Å². The molecular formula is C10H6N2O2S2. The third-order valence-corrected chi connectivity index (χ3v) is 4.38. The summed E-state index contributed by atoms with van der Waals surface area (Å²) in [6, 6.07) is 1.98. The van der Waals surface area contributed by atoms with Gasteiger partial charge in [-0.1, -0.05) is 0 Å². The molecule has 0 saturated heterocycles. The average molecular weight is 250 g/mol. The number of thiophene rings is 2. The van der Waals surface area contributed by atoms with Crippen LogP contribution in [0.4, 0.5) is 0 Å². The van der Waals surface area contributed by atoms with E-state index in [1.165, 1.54) is 10.2 Å². The van der Waals surface area contributed by atoms with Crippen molar-refractivity contribution in [2.24, 2.45) is 0 Å². The summed E-state index contributed by atoms with van der Waals surface area (Å²) in [4.78, 5) is 27.3. The van der Waals surface area contributed by atoms with Gasteiger partial charge < -0.3 is 4.98 Å². The minimum Gasteiger partial charge on any atom is -0.313 e. The van der Waals surface area contributed by atoms with Crippen molar-refractivity contribution < 1.29 is 0 Å². The van der Waals surface area contributed by atoms with Crippen molar-refractivity contribution in [3.05, 3.63) is 43.9 Å². The number of hydrogen-bond acceptors (Lipinski definition) is 4. The van der Waals surface area contributed by atoms with Gasteiger partial charge in [0.1, 0.15) is 0 Å². The number of H-pyrrole nitrogens is 2. The molecule has 3 aromatic rings. The second kappa shape index (κ2) is 3.43. The Bertz CT molecular complexity index is 763. The van der Waals surface area contributed by atoms with E-state index in [0.29, 0.717) is 5.56 Å². The molecule has 0 aromatic carbocycles. The summed E-state index contributed by atoms with van der Waals surface area (Å²) < 4.78 is 1.18. The monoisotopic (exact) mass is 250 g/mol. The molecule has 0 atom stereocenters. The largest absolute Gasteiger partial charge is 0.325 e. The summed E-state index contributed by atoms with van der Waals surface area (Å²) in [5.41, 5.74) is 0.545. The number of aromatic amines is 2. The first kappa shape index (κ1) is 9.56. The van der Waals surface area contributed by atoms with Crippen molar-refractivity contribution in [1.82, 2.24) is 9.97 Å². The number of aromatic nitrogens is 2. The van der Waals surface area contributed by atoms with Gasteiger partial charge in [0.05, 0.1) is 9.58 Å². The van der Waals surface area contributed by atoms with Crippen LogP contribution in [0.15, 0.2) is 32.6 Å². The fourth-order valence-corrected chi connectivity index (χ4v) is 3.53. The number of nitrogens with one attached hydrogen (secondary N) is 2. The second-order valence-corrected chi connectivity index (χ2v) is 5.31. The Morgan fingerprint density at radius 2 is 2.00 bits per heavy atom. The molecule has 16 heavy (non-hydrogen) atoms. The molecule has 2 N–H and O–H groups in total. The molecule has 0 aliphatic heterocycles. The second-order valence-electron chi connectivity index (χ2n) is 3.26. The highest BCUT2D eigenvalue weighted by molar-refractivity contribution is 7.37. The molecule has 0 aliphatic carbocycles. The summed E-state index contributed by atoms with van der Waals surface area (Å²) in [5.74, 6) is 0. The van der Waals surface area contributed by atoms with Crippen LogP contribution in [-0.2, 0) is 0 Å². The Morgan fingerprint density at radius 1 is 1.12 bits per heavy atom. The maximum atomic E-state index is 11.6. The Balaban J connectivity index is 2.35. The lowest BCUT2D eigenvalue weighted by Gasteiger charge is -1.95. The van der Waals surface area contributed by atoms with Crippen molar-refractivity contribution in [1.29, 1.82) is 0 Å². The van der Waals surface area contributed by atoms with Gasteiger partial charge in [-0.3, -0.25) is 9.78 Å². The Labute approximate surface area is 97.2 Å². The molecule has 0 fully saturated rings. The molecule has 4 nitrogen and oxygen atoms in total. The van der Waals surface area contributed by atoms with E-state index in [4.69, 9.17) is 0 Å². The van der Waals surface area contributed by atoms with E-state index in [-0.39, 0.29) is 5.56 Å². The fourth-order valence-electron chi connectivity index (χ4n) is 1.58. The van der Waals surface area contributed by atoms with E-state index in [2.05, 4.69) is 9.97 Å². The Hall–Kier alpha value is -1.66. The molecule has 6 heteroatoms. The summed E-state index contributed by atoms with van der Waals surface area (Å²) >= 11 is 3.25. The van der Waals surface area contributed by atoms with Gasteiger partial charge in [-0.05, 0) is 11.4 Å². The Morgan fingerprint density at radius 3 is 2.81 bits per heavy atom. The summed E-state index contributed by atoms with van der Waals surface area (Å²) in [7, 11) is 0. The van der Waals surface area contributed by atoms with Crippen molar-refractivity contribution in [2.45, 2.75) is 0 Å². The van der Waals surface area contributed by atoms with E-state index >= 15 is 0 Å². The first-order chi connectivity index (χ1) is 7.75. The van der Waals surface area contributed by atoms with Gasteiger partial charge in [-0.25, -0.2) is 4.79 Å². The summed E-state index contributed by atoms with van der Waals surface area (Å²) in [6.45, 7) is 0. The SMILES string of the molecule is O=c1[nH]cc(-c2csc3sccc23)c(=O)[nH]1. The van der Waals surface area contributed by atoms with E-state index < -0.39 is 5.69 Å². The zero-order valence-electron chi connectivity index (χ0n) is 7.94. The maximum absolute atomic E-state index is 11.6. The third kappa shape index (κ3) is 1.35. The van der Waals surface area contributed by atoms with Crippen LogP contribution in [0.2, 0.25) is 0 Å². The fraction of sp³-hybridized carbons (Fsp3) is 0. The molecule has 80 valence electrons. The predicted octanol–water partition coefficient (Wildman–Crippen LogP) is 2.01. The quantitative estimate of drug-likeness (QED) is 0.693. The average Bonchev–Trinajstić information content (AvgIpc) is 2.80. The van der Waals surface area contributed by atoms with E-state index in [9.17, 15) is 9.59 Å². The molecule has 3 aromatic heterocycles. The molecule has 0 bridgehead atoms. The smallest absolute Gasteiger partial charge is 0.313 e. The highest BCUT2D eigenvalue weighted by atomic mass is 32.2. The van der Waals surface area contributed by atoms with Crippen molar-refractivity contribution in [3.63, 3.8) is 0 Å². The lowest BCUT2D eigenvalue weighted by molar-refractivity contribution is 1.04. The standard InChI is InChI=1S/C10H6N2O2S2/c13-8-6(3-11-10(14)12-8)7-4-16-9-5(7)1-2-15-9/h1-4H,(H2,11,12,13,14). The molecular weight excluding hydrogens is 244 g/mol. The first-order valence-electron chi connectivity index (χ1n) is 4.53. The van der Waals surface area contributed by atoms with Gasteiger partial charge >= 0.3 is 5.69 Å². The first-order valence-corrected chi connectivity index (χ1v) is 6.29. The number of fused-ring (bicyclic) bond motifs is 1. The molecule has 0 saturated carbocycles. The van der Waals surface area contributed by atoms with Crippen LogP contribution in [0.1, 0.15) is 0 Å². The molecule has 0 amide bonds. The minimum absolute atomic E-state index is 0.352. The van der Waals surface area contributed by atoms with Gasteiger partial charge in [0, 0.05) is 22.5 Å². The molecule has 0 radical (unpaired) electrons. The van der Waals surface area contributed by atoms with E-state index in [1.807, 2.05) is 16.8 Å². The van der Waals surface area contributed by atoms with Crippen LogP contribution in [0.3, 0.4) is 0 Å². The molecule has 3 heterocycles. The third-order valence-electron chi connectivity index (χ3n) is 2.31.